The first kappa shape index (κ1) is 14.8. The van der Waals surface area contributed by atoms with E-state index in [4.69, 9.17) is 4.74 Å². The van der Waals surface area contributed by atoms with Crippen LogP contribution in [0, 0.1) is 0 Å². The van der Waals surface area contributed by atoms with Crippen LogP contribution < -0.4 is 15.6 Å². The van der Waals surface area contributed by atoms with E-state index in [-0.39, 0.29) is 17.2 Å². The molecule has 0 saturated carbocycles. The maximum absolute atomic E-state index is 12.2. The lowest BCUT2D eigenvalue weighted by Crippen LogP contribution is -2.28. The first-order chi connectivity index (χ1) is 10.1. The number of aromatic nitrogens is 1. The minimum Gasteiger partial charge on any atom is -0.496 e. The Bertz CT molecular complexity index is 678. The van der Waals surface area contributed by atoms with Crippen LogP contribution in [0.5, 0.6) is 5.75 Å². The summed E-state index contributed by atoms with van der Waals surface area (Å²) in [5.41, 5.74) is 1.30. The molecule has 2 rings (SSSR count). The van der Waals surface area contributed by atoms with Crippen LogP contribution in [0.25, 0.3) is 0 Å². The number of pyridine rings is 1. The van der Waals surface area contributed by atoms with Crippen molar-refractivity contribution in [3.05, 3.63) is 64.1 Å². The number of amides is 1. The van der Waals surface area contributed by atoms with Crippen LogP contribution >= 0.6 is 0 Å². The lowest BCUT2D eigenvalue weighted by Gasteiger charge is -2.10. The molecule has 5 heteroatoms. The van der Waals surface area contributed by atoms with E-state index in [1.54, 1.807) is 7.05 Å². The highest BCUT2D eigenvalue weighted by molar-refractivity contribution is 5.96. The number of nitrogens with zero attached hydrogens (tertiary/aromatic N) is 1. The zero-order valence-electron chi connectivity index (χ0n) is 12.1. The van der Waals surface area contributed by atoms with Crippen LogP contribution in [0.15, 0.2) is 47.4 Å². The van der Waals surface area contributed by atoms with Gasteiger partial charge in [0.25, 0.3) is 11.5 Å². The fourth-order valence-electron chi connectivity index (χ4n) is 2.01. The molecule has 1 N–H and O–H groups in total. The van der Waals surface area contributed by atoms with Gasteiger partial charge in [0.05, 0.1) is 12.7 Å². The van der Waals surface area contributed by atoms with Gasteiger partial charge in [0, 0.05) is 25.9 Å². The predicted molar refractivity (Wildman–Crippen MR) is 80.7 cm³/mol. The molecule has 0 radical (unpaired) electrons. The molecule has 0 fully saturated rings. The minimum absolute atomic E-state index is 0.215. The van der Waals surface area contributed by atoms with Crippen molar-refractivity contribution in [2.75, 3.05) is 13.7 Å². The van der Waals surface area contributed by atoms with Gasteiger partial charge in [-0.25, -0.2) is 0 Å². The number of nitrogens with one attached hydrogen (secondary N) is 1. The third kappa shape index (κ3) is 3.72. The van der Waals surface area contributed by atoms with Gasteiger partial charge in [-0.3, -0.25) is 9.59 Å². The molecule has 1 amide bonds. The van der Waals surface area contributed by atoms with Crippen LogP contribution in [0.4, 0.5) is 0 Å². The predicted octanol–water partition coefficient (Wildman–Crippen LogP) is 1.37. The minimum atomic E-state index is -0.251. The van der Waals surface area contributed by atoms with Crippen LogP contribution in [-0.2, 0) is 13.5 Å². The largest absolute Gasteiger partial charge is 0.496 e. The number of ether oxygens (including phenoxy) is 1. The van der Waals surface area contributed by atoms with E-state index in [9.17, 15) is 9.59 Å². The number of hydrogen-bond acceptors (Lipinski definition) is 3. The van der Waals surface area contributed by atoms with Crippen molar-refractivity contribution >= 4 is 5.91 Å². The normalized spacial score (nSPS) is 10.2. The van der Waals surface area contributed by atoms with Gasteiger partial charge in [-0.05, 0) is 12.0 Å². The van der Waals surface area contributed by atoms with E-state index in [0.29, 0.717) is 12.1 Å². The highest BCUT2D eigenvalue weighted by Gasteiger charge is 2.13. The van der Waals surface area contributed by atoms with E-state index in [2.05, 4.69) is 5.32 Å². The summed E-state index contributed by atoms with van der Waals surface area (Å²) < 4.78 is 6.45. The Morgan fingerprint density at radius 3 is 2.67 bits per heavy atom. The molecule has 1 aromatic carbocycles. The van der Waals surface area contributed by atoms with Gasteiger partial charge < -0.3 is 14.6 Å². The molecule has 5 nitrogen and oxygen atoms in total. The van der Waals surface area contributed by atoms with E-state index >= 15 is 0 Å². The van der Waals surface area contributed by atoms with Crippen molar-refractivity contribution in [1.82, 2.24) is 9.88 Å². The average molecular weight is 286 g/mol. The first-order valence-electron chi connectivity index (χ1n) is 6.68. The second-order valence-electron chi connectivity index (χ2n) is 4.70. The van der Waals surface area contributed by atoms with Gasteiger partial charge in [-0.1, -0.05) is 30.3 Å². The second kappa shape index (κ2) is 6.74. The fraction of sp³-hybridized carbons (Fsp3) is 0.250. The van der Waals surface area contributed by atoms with Crippen LogP contribution in [0.1, 0.15) is 15.9 Å². The molecule has 0 bridgehead atoms. The summed E-state index contributed by atoms with van der Waals surface area (Å²) in [5.74, 6) is 0.0358. The third-order valence-corrected chi connectivity index (χ3v) is 3.20. The number of carbonyl (C=O) groups is 1. The Labute approximate surface area is 123 Å². The molecule has 0 unspecified atom stereocenters. The number of methoxy groups -OCH3 is 1. The Balaban J connectivity index is 2.03. The summed E-state index contributed by atoms with van der Waals surface area (Å²) in [7, 11) is 3.04. The summed E-state index contributed by atoms with van der Waals surface area (Å²) in [6.45, 7) is 0.523. The van der Waals surface area contributed by atoms with Crippen molar-refractivity contribution in [1.29, 1.82) is 0 Å². The molecule has 0 atom stereocenters. The Kier molecular flexibility index (Phi) is 4.77. The van der Waals surface area contributed by atoms with Crippen LogP contribution in [0.3, 0.4) is 0 Å². The molecule has 1 aromatic heterocycles. The van der Waals surface area contributed by atoms with Gasteiger partial charge >= 0.3 is 0 Å². The maximum atomic E-state index is 12.2. The average Bonchev–Trinajstić information content (AvgIpc) is 2.50. The number of hydrogen-bond donors (Lipinski definition) is 1. The lowest BCUT2D eigenvalue weighted by molar-refractivity contribution is 0.0950. The third-order valence-electron chi connectivity index (χ3n) is 3.20. The zero-order valence-corrected chi connectivity index (χ0v) is 12.1. The fourth-order valence-corrected chi connectivity index (χ4v) is 2.01. The van der Waals surface area contributed by atoms with Gasteiger partial charge in [-0.2, -0.15) is 0 Å². The standard InChI is InChI=1S/C16H18N2O3/c1-18-11-13(14(21-2)10-15(18)19)16(20)17-9-8-12-6-4-3-5-7-12/h3-7,10-11H,8-9H2,1-2H3,(H,17,20). The van der Waals surface area contributed by atoms with Crippen LogP contribution in [0.2, 0.25) is 0 Å². The zero-order chi connectivity index (χ0) is 15.2. The number of rotatable bonds is 5. The molecule has 0 spiro atoms. The van der Waals surface area contributed by atoms with Crippen LogP contribution in [-0.4, -0.2) is 24.1 Å². The molecule has 1 heterocycles. The van der Waals surface area contributed by atoms with Gasteiger partial charge in [-0.15, -0.1) is 0 Å². The molecule has 21 heavy (non-hydrogen) atoms. The van der Waals surface area contributed by atoms with E-state index < -0.39 is 0 Å². The van der Waals surface area contributed by atoms with Crippen molar-refractivity contribution in [3.8, 4) is 5.75 Å². The Hall–Kier alpha value is -2.56. The molecule has 0 aliphatic carbocycles. The highest BCUT2D eigenvalue weighted by atomic mass is 16.5. The van der Waals surface area contributed by atoms with E-state index in [0.717, 1.165) is 12.0 Å². The topological polar surface area (TPSA) is 60.3 Å². The highest BCUT2D eigenvalue weighted by Crippen LogP contribution is 2.14. The monoisotopic (exact) mass is 286 g/mol. The van der Waals surface area contributed by atoms with E-state index in [1.807, 2.05) is 30.3 Å². The summed E-state index contributed by atoms with van der Waals surface area (Å²) in [6.07, 6.45) is 2.24. The molecular weight excluding hydrogens is 268 g/mol. The van der Waals surface area contributed by atoms with Gasteiger partial charge in [0.1, 0.15) is 5.75 Å². The summed E-state index contributed by atoms with van der Waals surface area (Å²) in [5, 5.41) is 2.83. The first-order valence-corrected chi connectivity index (χ1v) is 6.68. The van der Waals surface area contributed by atoms with Crippen molar-refractivity contribution in [2.24, 2.45) is 7.05 Å². The molecule has 2 aromatic rings. The molecule has 0 aliphatic rings. The Morgan fingerprint density at radius 1 is 1.29 bits per heavy atom. The van der Waals surface area contributed by atoms with Gasteiger partial charge in [0.15, 0.2) is 0 Å². The summed E-state index contributed by atoms with van der Waals surface area (Å²) >= 11 is 0. The molecular formula is C16H18N2O3. The smallest absolute Gasteiger partial charge is 0.256 e. The summed E-state index contributed by atoms with van der Waals surface area (Å²) in [6, 6.07) is 11.2. The number of aryl methyl sites for hydroxylation is 1. The van der Waals surface area contributed by atoms with Crippen molar-refractivity contribution in [3.63, 3.8) is 0 Å². The molecule has 0 saturated heterocycles. The number of carbonyl (C=O) groups excluding carboxylic acids is 1. The number of benzene rings is 1. The van der Waals surface area contributed by atoms with E-state index in [1.165, 1.54) is 23.9 Å². The van der Waals surface area contributed by atoms with Crippen molar-refractivity contribution < 1.29 is 9.53 Å². The molecule has 0 aliphatic heterocycles. The Morgan fingerprint density at radius 2 is 2.00 bits per heavy atom. The lowest BCUT2D eigenvalue weighted by atomic mass is 10.1. The molecule has 110 valence electrons. The second-order valence-corrected chi connectivity index (χ2v) is 4.70. The van der Waals surface area contributed by atoms with Gasteiger partial charge in [0.2, 0.25) is 0 Å². The van der Waals surface area contributed by atoms with Crippen molar-refractivity contribution in [2.45, 2.75) is 6.42 Å². The maximum Gasteiger partial charge on any atom is 0.256 e. The summed E-state index contributed by atoms with van der Waals surface area (Å²) in [4.78, 5) is 23.7. The quantitative estimate of drug-likeness (QED) is 0.903. The SMILES string of the molecule is COc1cc(=O)n(C)cc1C(=O)NCCc1ccccc1.